The van der Waals surface area contributed by atoms with E-state index in [2.05, 4.69) is 0 Å². The van der Waals surface area contributed by atoms with Crippen molar-refractivity contribution < 1.29 is 22.7 Å². The molecule has 0 saturated heterocycles. The minimum atomic E-state index is -4.08. The normalized spacial score (nSPS) is 13.8. The van der Waals surface area contributed by atoms with Gasteiger partial charge < -0.3 is 9.64 Å². The van der Waals surface area contributed by atoms with Crippen LogP contribution in [0.1, 0.15) is 50.9 Å². The average Bonchev–Trinajstić information content (AvgIpc) is 2.58. The van der Waals surface area contributed by atoms with Gasteiger partial charge in [-0.25, -0.2) is 18.4 Å². The minimum Gasteiger partial charge on any atom is -0.452 e. The smallest absolute Gasteiger partial charge is 0.338 e. The summed E-state index contributed by atoms with van der Waals surface area (Å²) < 4.78 is 28.0. The van der Waals surface area contributed by atoms with Crippen LogP contribution in [0.4, 0.5) is 0 Å². The largest absolute Gasteiger partial charge is 0.452 e. The Kier molecular flexibility index (Phi) is 8.05. The number of hydrogen-bond donors (Lipinski definition) is 1. The molecule has 7 nitrogen and oxygen atoms in total. The molecule has 0 unspecified atom stereocenters. The van der Waals surface area contributed by atoms with Gasteiger partial charge in [-0.1, -0.05) is 25.4 Å². The van der Waals surface area contributed by atoms with Crippen molar-refractivity contribution in [3.05, 3.63) is 28.8 Å². The van der Waals surface area contributed by atoms with Crippen LogP contribution in [0, 0.1) is 0 Å². The third-order valence-corrected chi connectivity index (χ3v) is 5.61. The first-order valence-electron chi connectivity index (χ1n) is 8.33. The third kappa shape index (κ3) is 5.69. The van der Waals surface area contributed by atoms with Gasteiger partial charge in [-0.2, -0.15) is 0 Å². The Balaban J connectivity index is 2.90. The van der Waals surface area contributed by atoms with E-state index in [1.54, 1.807) is 4.90 Å². The maximum Gasteiger partial charge on any atom is 0.338 e. The molecular formula is C17H25ClN2O5S. The maximum atomic E-state index is 12.5. The number of benzene rings is 1. The van der Waals surface area contributed by atoms with E-state index < -0.39 is 22.6 Å². The van der Waals surface area contributed by atoms with E-state index in [0.717, 1.165) is 18.9 Å². The van der Waals surface area contributed by atoms with Gasteiger partial charge in [0.15, 0.2) is 6.61 Å². The number of esters is 1. The molecule has 26 heavy (non-hydrogen) atoms. The number of nitrogens with zero attached hydrogens (tertiary/aromatic N) is 1. The van der Waals surface area contributed by atoms with Crippen molar-refractivity contribution in [3.63, 3.8) is 0 Å². The molecule has 0 saturated carbocycles. The van der Waals surface area contributed by atoms with Gasteiger partial charge in [-0.3, -0.25) is 4.79 Å². The van der Waals surface area contributed by atoms with Crippen LogP contribution in [-0.2, 0) is 19.6 Å². The summed E-state index contributed by atoms with van der Waals surface area (Å²) in [4.78, 5) is 26.0. The molecule has 0 aliphatic carbocycles. The van der Waals surface area contributed by atoms with Crippen LogP contribution in [0.5, 0.6) is 0 Å². The predicted octanol–water partition coefficient (Wildman–Crippen LogP) is 2.57. The first-order chi connectivity index (χ1) is 12.0. The first-order valence-corrected chi connectivity index (χ1v) is 10.3. The van der Waals surface area contributed by atoms with Gasteiger partial charge in [-0.15, -0.1) is 0 Å². The number of nitrogens with two attached hydrogens (primary N) is 1. The molecule has 146 valence electrons. The predicted molar refractivity (Wildman–Crippen MR) is 99.5 cm³/mol. The standard InChI is InChI=1S/C17H25ClN2O5S/c1-5-11(3)20(12(4)6-2)16(21)10-25-17(22)13-7-8-14(18)15(9-13)26(19,23)24/h7-9,11-12H,5-6,10H2,1-4H3,(H2,19,23,24)/t11-,12-/m0/s1. The summed E-state index contributed by atoms with van der Waals surface area (Å²) in [5, 5.41) is 4.96. The fourth-order valence-corrected chi connectivity index (χ4v) is 3.52. The van der Waals surface area contributed by atoms with Gasteiger partial charge in [-0.05, 0) is 44.9 Å². The molecule has 0 bridgehead atoms. The van der Waals surface area contributed by atoms with Crippen LogP contribution in [0.25, 0.3) is 0 Å². The van der Waals surface area contributed by atoms with Crippen LogP contribution >= 0.6 is 11.6 Å². The Morgan fingerprint density at radius 2 is 1.73 bits per heavy atom. The molecule has 0 heterocycles. The summed E-state index contributed by atoms with van der Waals surface area (Å²) in [7, 11) is -4.08. The van der Waals surface area contributed by atoms with Gasteiger partial charge in [0.1, 0.15) is 4.90 Å². The molecule has 0 spiro atoms. The van der Waals surface area contributed by atoms with Crippen LogP contribution in [-0.4, -0.2) is 43.9 Å². The van der Waals surface area contributed by atoms with E-state index in [0.29, 0.717) is 0 Å². The lowest BCUT2D eigenvalue weighted by Gasteiger charge is -2.33. The molecule has 9 heteroatoms. The van der Waals surface area contributed by atoms with Gasteiger partial charge in [0.2, 0.25) is 10.0 Å². The van der Waals surface area contributed by atoms with Crippen molar-refractivity contribution in [3.8, 4) is 0 Å². The number of carbonyl (C=O) groups is 2. The van der Waals surface area contributed by atoms with Gasteiger partial charge >= 0.3 is 5.97 Å². The molecule has 1 rings (SSSR count). The number of carbonyl (C=O) groups excluding carboxylic acids is 2. The number of ether oxygens (including phenoxy) is 1. The lowest BCUT2D eigenvalue weighted by molar-refractivity contribution is -0.139. The summed E-state index contributed by atoms with van der Waals surface area (Å²) >= 11 is 5.78. The second-order valence-corrected chi connectivity index (χ2v) is 8.02. The first kappa shape index (κ1) is 22.4. The quantitative estimate of drug-likeness (QED) is 0.670. The molecule has 0 aliphatic heterocycles. The molecule has 0 aromatic heterocycles. The van der Waals surface area contributed by atoms with Gasteiger partial charge in [0, 0.05) is 12.1 Å². The molecule has 2 N–H and O–H groups in total. The molecule has 1 amide bonds. The number of amides is 1. The molecule has 0 aliphatic rings. The van der Waals surface area contributed by atoms with E-state index >= 15 is 0 Å². The highest BCUT2D eigenvalue weighted by molar-refractivity contribution is 7.89. The van der Waals surface area contributed by atoms with E-state index in [-0.39, 0.29) is 33.5 Å². The zero-order valence-electron chi connectivity index (χ0n) is 15.4. The third-order valence-electron chi connectivity index (χ3n) is 4.22. The zero-order chi connectivity index (χ0) is 20.1. The molecule has 0 radical (unpaired) electrons. The van der Waals surface area contributed by atoms with Crippen molar-refractivity contribution in [1.29, 1.82) is 0 Å². The van der Waals surface area contributed by atoms with Crippen molar-refractivity contribution in [2.75, 3.05) is 6.61 Å². The number of primary sulfonamides is 1. The molecule has 2 atom stereocenters. The van der Waals surface area contributed by atoms with Crippen molar-refractivity contribution in [2.45, 2.75) is 57.5 Å². The molecular weight excluding hydrogens is 380 g/mol. The Labute approximate surface area is 159 Å². The van der Waals surface area contributed by atoms with Crippen LogP contribution in [0.3, 0.4) is 0 Å². The van der Waals surface area contributed by atoms with Crippen molar-refractivity contribution >= 4 is 33.5 Å². The average molecular weight is 405 g/mol. The SMILES string of the molecule is CC[C@H](C)N(C(=O)COC(=O)c1ccc(Cl)c(S(N)(=O)=O)c1)[C@@H](C)CC. The Bertz CT molecular complexity index is 756. The topological polar surface area (TPSA) is 107 Å². The number of rotatable bonds is 8. The lowest BCUT2D eigenvalue weighted by Crippen LogP contribution is -2.46. The Hall–Kier alpha value is -1.64. The highest BCUT2D eigenvalue weighted by Crippen LogP contribution is 2.22. The summed E-state index contributed by atoms with van der Waals surface area (Å²) in [6.07, 6.45) is 1.55. The van der Waals surface area contributed by atoms with E-state index in [1.807, 2.05) is 27.7 Å². The molecule has 0 fully saturated rings. The number of hydrogen-bond acceptors (Lipinski definition) is 5. The van der Waals surface area contributed by atoms with Gasteiger partial charge in [0.05, 0.1) is 10.6 Å². The molecule has 1 aromatic rings. The Morgan fingerprint density at radius 3 is 2.19 bits per heavy atom. The molecule has 1 aromatic carbocycles. The van der Waals surface area contributed by atoms with E-state index in [4.69, 9.17) is 21.5 Å². The minimum absolute atomic E-state index is 0.0145. The van der Waals surface area contributed by atoms with Crippen LogP contribution in [0.15, 0.2) is 23.1 Å². The number of sulfonamides is 1. The summed E-state index contributed by atoms with van der Waals surface area (Å²) in [6, 6.07) is 3.61. The van der Waals surface area contributed by atoms with E-state index in [9.17, 15) is 18.0 Å². The van der Waals surface area contributed by atoms with Gasteiger partial charge in [0.25, 0.3) is 5.91 Å². The van der Waals surface area contributed by atoms with Crippen molar-refractivity contribution in [2.24, 2.45) is 5.14 Å². The fraction of sp³-hybridized carbons (Fsp3) is 0.529. The highest BCUT2D eigenvalue weighted by atomic mass is 35.5. The second-order valence-electron chi connectivity index (χ2n) is 6.08. The van der Waals surface area contributed by atoms with Crippen LogP contribution in [0.2, 0.25) is 5.02 Å². The summed E-state index contributed by atoms with van der Waals surface area (Å²) in [6.45, 7) is 7.39. The zero-order valence-corrected chi connectivity index (χ0v) is 16.9. The maximum absolute atomic E-state index is 12.5. The van der Waals surface area contributed by atoms with Crippen LogP contribution < -0.4 is 5.14 Å². The summed E-state index contributed by atoms with van der Waals surface area (Å²) in [5.41, 5.74) is -0.0511. The monoisotopic (exact) mass is 404 g/mol. The lowest BCUT2D eigenvalue weighted by atomic mass is 10.1. The highest BCUT2D eigenvalue weighted by Gasteiger charge is 2.25. The van der Waals surface area contributed by atoms with E-state index in [1.165, 1.54) is 12.1 Å². The van der Waals surface area contributed by atoms with Crippen molar-refractivity contribution in [1.82, 2.24) is 4.90 Å². The Morgan fingerprint density at radius 1 is 1.19 bits per heavy atom. The summed E-state index contributed by atoms with van der Waals surface area (Å²) in [5.74, 6) is -1.13. The second kappa shape index (κ2) is 9.34. The fourth-order valence-electron chi connectivity index (χ4n) is 2.45. The number of halogens is 1.